The molecule has 0 amide bonds. The van der Waals surface area contributed by atoms with Crippen LogP contribution in [0.3, 0.4) is 0 Å². The molecule has 2 heterocycles. The fourth-order valence-corrected chi connectivity index (χ4v) is 2.41. The molecule has 0 saturated heterocycles. The second kappa shape index (κ2) is 6.58. The van der Waals surface area contributed by atoms with E-state index in [-0.39, 0.29) is 24.0 Å². The molecule has 20 heavy (non-hydrogen) atoms. The van der Waals surface area contributed by atoms with Crippen LogP contribution in [-0.4, -0.2) is 16.0 Å². The lowest BCUT2D eigenvalue weighted by atomic mass is 10.1. The minimum atomic E-state index is 0. The molecule has 0 aliphatic heterocycles. The number of halogens is 2. The van der Waals surface area contributed by atoms with Gasteiger partial charge in [-0.05, 0) is 47.1 Å². The Morgan fingerprint density at radius 1 is 1.15 bits per heavy atom. The Hall–Kier alpha value is -1.08. The highest BCUT2D eigenvalue weighted by Crippen LogP contribution is 2.29. The summed E-state index contributed by atoms with van der Waals surface area (Å²) in [6, 6.07) is 11.9. The maximum Gasteiger partial charge on any atom is 0.137 e. The van der Waals surface area contributed by atoms with Crippen molar-refractivity contribution in [1.29, 1.82) is 0 Å². The molecular formula is C15H14BrIN2O. The average molecular weight is 445 g/mol. The smallest absolute Gasteiger partial charge is 0.137 e. The molecule has 3 rings (SSSR count). The number of para-hydroxylation sites is 1. The van der Waals surface area contributed by atoms with Crippen LogP contribution in [0.2, 0.25) is 0 Å². The minimum Gasteiger partial charge on any atom is -0.493 e. The van der Waals surface area contributed by atoms with Gasteiger partial charge in [-0.3, -0.25) is 0 Å². The van der Waals surface area contributed by atoms with E-state index in [1.165, 1.54) is 0 Å². The fraction of sp³-hybridized carbons (Fsp3) is 0.133. The molecule has 2 aromatic heterocycles. The average Bonchev–Trinajstić information content (AvgIpc) is 2.82. The third-order valence-corrected chi connectivity index (χ3v) is 3.35. The lowest BCUT2D eigenvalue weighted by Gasteiger charge is -2.07. The second-order valence-electron chi connectivity index (χ2n) is 4.17. The lowest BCUT2D eigenvalue weighted by molar-refractivity contribution is 0.341. The van der Waals surface area contributed by atoms with Crippen LogP contribution in [0.1, 0.15) is 6.92 Å². The van der Waals surface area contributed by atoms with Crippen LogP contribution in [0.15, 0.2) is 53.3 Å². The van der Waals surface area contributed by atoms with Gasteiger partial charge in [-0.1, -0.05) is 12.1 Å². The minimum absolute atomic E-state index is 0. The van der Waals surface area contributed by atoms with Gasteiger partial charge in [-0.2, -0.15) is 0 Å². The van der Waals surface area contributed by atoms with Gasteiger partial charge in [-0.25, -0.2) is 4.98 Å². The van der Waals surface area contributed by atoms with Crippen LogP contribution in [0.25, 0.3) is 16.9 Å². The van der Waals surface area contributed by atoms with Crippen molar-refractivity contribution in [3.05, 3.63) is 53.3 Å². The van der Waals surface area contributed by atoms with Crippen molar-refractivity contribution < 1.29 is 4.74 Å². The van der Waals surface area contributed by atoms with E-state index in [0.29, 0.717) is 6.61 Å². The van der Waals surface area contributed by atoms with Gasteiger partial charge in [0, 0.05) is 22.4 Å². The molecule has 0 aliphatic rings. The molecule has 0 fully saturated rings. The zero-order valence-electron chi connectivity index (χ0n) is 10.9. The number of rotatable bonds is 3. The van der Waals surface area contributed by atoms with Crippen LogP contribution in [0, 0.1) is 0 Å². The molecule has 0 saturated carbocycles. The van der Waals surface area contributed by atoms with Crippen LogP contribution in [0.5, 0.6) is 5.75 Å². The summed E-state index contributed by atoms with van der Waals surface area (Å²) in [5.41, 5.74) is 2.86. The molecule has 0 bridgehead atoms. The monoisotopic (exact) mass is 444 g/mol. The summed E-state index contributed by atoms with van der Waals surface area (Å²) in [5, 5.41) is 0. The molecule has 3 aromatic rings. The molecule has 0 aliphatic carbocycles. The third-order valence-electron chi connectivity index (χ3n) is 2.88. The first-order valence-electron chi connectivity index (χ1n) is 6.14. The standard InChI is InChI=1S/C15H13BrN2O.HI/c1-2-19-14-6-4-3-5-12(14)13-10-18-9-11(16)7-8-15(18)17-13;/h3-10H,2H2,1H3;1H. The number of fused-ring (bicyclic) bond motifs is 1. The molecule has 0 radical (unpaired) electrons. The summed E-state index contributed by atoms with van der Waals surface area (Å²) in [6.45, 7) is 2.63. The highest BCUT2D eigenvalue weighted by Gasteiger charge is 2.09. The van der Waals surface area contributed by atoms with E-state index in [2.05, 4.69) is 20.9 Å². The van der Waals surface area contributed by atoms with Crippen molar-refractivity contribution >= 4 is 45.6 Å². The van der Waals surface area contributed by atoms with E-state index >= 15 is 0 Å². The number of aromatic nitrogens is 2. The summed E-state index contributed by atoms with van der Waals surface area (Å²) >= 11 is 3.46. The summed E-state index contributed by atoms with van der Waals surface area (Å²) in [4.78, 5) is 4.63. The van der Waals surface area contributed by atoms with Gasteiger partial charge in [-0.15, -0.1) is 24.0 Å². The lowest BCUT2D eigenvalue weighted by Crippen LogP contribution is -1.93. The fourth-order valence-electron chi connectivity index (χ4n) is 2.05. The summed E-state index contributed by atoms with van der Waals surface area (Å²) < 4.78 is 8.68. The van der Waals surface area contributed by atoms with Crippen LogP contribution < -0.4 is 4.74 Å². The number of hydrogen-bond acceptors (Lipinski definition) is 2. The SMILES string of the molecule is CCOc1ccccc1-c1cn2cc(Br)ccc2n1.I. The van der Waals surface area contributed by atoms with Crippen molar-refractivity contribution in [1.82, 2.24) is 9.38 Å². The van der Waals surface area contributed by atoms with E-state index < -0.39 is 0 Å². The first-order chi connectivity index (χ1) is 9.28. The van der Waals surface area contributed by atoms with Gasteiger partial charge in [0.1, 0.15) is 11.4 Å². The van der Waals surface area contributed by atoms with Gasteiger partial charge < -0.3 is 9.14 Å². The highest BCUT2D eigenvalue weighted by molar-refractivity contribution is 14.0. The summed E-state index contributed by atoms with van der Waals surface area (Å²) in [6.07, 6.45) is 4.01. The molecule has 3 nitrogen and oxygen atoms in total. The molecule has 0 atom stereocenters. The molecular weight excluding hydrogens is 431 g/mol. The largest absolute Gasteiger partial charge is 0.493 e. The van der Waals surface area contributed by atoms with Crippen LogP contribution in [-0.2, 0) is 0 Å². The van der Waals surface area contributed by atoms with Gasteiger partial charge in [0.25, 0.3) is 0 Å². The Kier molecular flexibility index (Phi) is 5.04. The quantitative estimate of drug-likeness (QED) is 0.543. The van der Waals surface area contributed by atoms with Gasteiger partial charge in [0.2, 0.25) is 0 Å². The first kappa shape index (κ1) is 15.3. The van der Waals surface area contributed by atoms with E-state index in [1.807, 2.05) is 60.1 Å². The Balaban J connectivity index is 0.00000147. The zero-order valence-corrected chi connectivity index (χ0v) is 14.8. The molecule has 0 spiro atoms. The molecule has 0 unspecified atom stereocenters. The van der Waals surface area contributed by atoms with E-state index in [4.69, 9.17) is 4.74 Å². The van der Waals surface area contributed by atoms with E-state index in [1.54, 1.807) is 0 Å². The Labute approximate surface area is 143 Å². The Bertz CT molecular complexity index is 727. The van der Waals surface area contributed by atoms with Crippen molar-refractivity contribution in [2.45, 2.75) is 6.92 Å². The topological polar surface area (TPSA) is 26.5 Å². The number of benzene rings is 1. The van der Waals surface area contributed by atoms with Crippen molar-refractivity contribution in [2.24, 2.45) is 0 Å². The summed E-state index contributed by atoms with van der Waals surface area (Å²) in [7, 11) is 0. The van der Waals surface area contributed by atoms with E-state index in [9.17, 15) is 0 Å². The van der Waals surface area contributed by atoms with Gasteiger partial charge >= 0.3 is 0 Å². The predicted molar refractivity (Wildman–Crippen MR) is 94.9 cm³/mol. The number of imidazole rings is 1. The maximum absolute atomic E-state index is 5.65. The zero-order chi connectivity index (χ0) is 13.2. The second-order valence-corrected chi connectivity index (χ2v) is 5.08. The Morgan fingerprint density at radius 2 is 1.95 bits per heavy atom. The number of pyridine rings is 1. The third kappa shape index (κ3) is 2.98. The van der Waals surface area contributed by atoms with Crippen LogP contribution >= 0.6 is 39.9 Å². The Morgan fingerprint density at radius 3 is 2.75 bits per heavy atom. The number of nitrogens with zero attached hydrogens (tertiary/aromatic N) is 2. The van der Waals surface area contributed by atoms with Crippen molar-refractivity contribution in [3.63, 3.8) is 0 Å². The van der Waals surface area contributed by atoms with Gasteiger partial charge in [0.15, 0.2) is 0 Å². The first-order valence-corrected chi connectivity index (χ1v) is 6.93. The molecule has 104 valence electrons. The van der Waals surface area contributed by atoms with Crippen molar-refractivity contribution in [2.75, 3.05) is 6.61 Å². The van der Waals surface area contributed by atoms with E-state index in [0.717, 1.165) is 27.1 Å². The van der Waals surface area contributed by atoms with Crippen LogP contribution in [0.4, 0.5) is 0 Å². The number of hydrogen-bond donors (Lipinski definition) is 0. The molecule has 1 aromatic carbocycles. The van der Waals surface area contributed by atoms with Crippen molar-refractivity contribution in [3.8, 4) is 17.0 Å². The van der Waals surface area contributed by atoms with Gasteiger partial charge in [0.05, 0.1) is 12.3 Å². The normalized spacial score (nSPS) is 10.3. The predicted octanol–water partition coefficient (Wildman–Crippen LogP) is 4.78. The summed E-state index contributed by atoms with van der Waals surface area (Å²) in [5.74, 6) is 0.868. The molecule has 5 heteroatoms. The molecule has 0 N–H and O–H groups in total. The highest BCUT2D eigenvalue weighted by atomic mass is 127. The number of ether oxygens (including phenoxy) is 1. The maximum atomic E-state index is 5.65.